The average molecular weight is 327 g/mol. The maximum atomic E-state index is 11.7. The zero-order chi connectivity index (χ0) is 15.6. The number of hydrogen-bond acceptors (Lipinski definition) is 5. The molecule has 0 spiro atoms. The molecule has 0 fully saturated rings. The number of anilines is 1. The van der Waals surface area contributed by atoms with Gasteiger partial charge in [0, 0.05) is 12.8 Å². The van der Waals surface area contributed by atoms with Crippen LogP contribution in [0.15, 0.2) is 23.1 Å². The second-order valence-corrected chi connectivity index (χ2v) is 8.20. The first-order valence-corrected chi connectivity index (χ1v) is 9.12. The van der Waals surface area contributed by atoms with E-state index in [1.54, 1.807) is 12.1 Å². The van der Waals surface area contributed by atoms with Crippen LogP contribution in [0.5, 0.6) is 0 Å². The summed E-state index contributed by atoms with van der Waals surface area (Å²) in [6.07, 6.45) is 1.16. The van der Waals surface area contributed by atoms with Crippen LogP contribution in [0.25, 0.3) is 10.2 Å². The van der Waals surface area contributed by atoms with Crippen molar-refractivity contribution >= 4 is 42.6 Å². The van der Waals surface area contributed by atoms with Gasteiger partial charge in [0.05, 0.1) is 15.1 Å². The SMILES string of the molecule is CC(C)CNC(=O)Nc1nc2ccc(S(C)(=O)=O)cc2s1. The van der Waals surface area contributed by atoms with Crippen molar-refractivity contribution in [1.82, 2.24) is 10.3 Å². The van der Waals surface area contributed by atoms with E-state index in [0.717, 1.165) is 11.0 Å². The number of aromatic nitrogens is 1. The Balaban J connectivity index is 2.18. The quantitative estimate of drug-likeness (QED) is 0.903. The lowest BCUT2D eigenvalue weighted by atomic mass is 10.2. The Morgan fingerprint density at radius 2 is 2.10 bits per heavy atom. The Morgan fingerprint density at radius 3 is 2.71 bits per heavy atom. The summed E-state index contributed by atoms with van der Waals surface area (Å²) in [6, 6.07) is 4.41. The summed E-state index contributed by atoms with van der Waals surface area (Å²) in [5.74, 6) is 0.364. The predicted octanol–water partition coefficient (Wildman–Crippen LogP) is 2.48. The highest BCUT2D eigenvalue weighted by Crippen LogP contribution is 2.28. The molecule has 0 saturated heterocycles. The molecule has 2 aromatic rings. The maximum Gasteiger partial charge on any atom is 0.321 e. The number of nitrogens with zero attached hydrogens (tertiary/aromatic N) is 1. The van der Waals surface area contributed by atoms with Gasteiger partial charge < -0.3 is 5.32 Å². The number of sulfone groups is 1. The second kappa shape index (κ2) is 5.98. The van der Waals surface area contributed by atoms with E-state index in [9.17, 15) is 13.2 Å². The third kappa shape index (κ3) is 4.15. The molecule has 0 radical (unpaired) electrons. The van der Waals surface area contributed by atoms with Crippen molar-refractivity contribution in [3.8, 4) is 0 Å². The molecular formula is C13H17N3O3S2. The Morgan fingerprint density at radius 1 is 1.38 bits per heavy atom. The van der Waals surface area contributed by atoms with Gasteiger partial charge in [-0.15, -0.1) is 0 Å². The predicted molar refractivity (Wildman–Crippen MR) is 84.6 cm³/mol. The Bertz CT molecular complexity index is 766. The molecule has 2 amide bonds. The summed E-state index contributed by atoms with van der Waals surface area (Å²) in [7, 11) is -3.25. The zero-order valence-corrected chi connectivity index (χ0v) is 13.6. The largest absolute Gasteiger partial charge is 0.338 e. The van der Waals surface area contributed by atoms with E-state index in [2.05, 4.69) is 15.6 Å². The van der Waals surface area contributed by atoms with Gasteiger partial charge >= 0.3 is 6.03 Å². The minimum Gasteiger partial charge on any atom is -0.338 e. The molecular weight excluding hydrogens is 310 g/mol. The molecule has 0 bridgehead atoms. The third-order valence-electron chi connectivity index (χ3n) is 2.68. The standard InChI is InChI=1S/C13H17N3O3S2/c1-8(2)7-14-12(17)16-13-15-10-5-4-9(21(3,18)19)6-11(10)20-13/h4-6,8H,7H2,1-3H3,(H2,14,15,16,17). The lowest BCUT2D eigenvalue weighted by molar-refractivity contribution is 0.251. The topological polar surface area (TPSA) is 88.2 Å². The molecule has 0 unspecified atom stereocenters. The van der Waals surface area contributed by atoms with E-state index in [0.29, 0.717) is 23.1 Å². The summed E-state index contributed by atoms with van der Waals surface area (Å²) >= 11 is 1.24. The number of hydrogen-bond donors (Lipinski definition) is 2. The highest BCUT2D eigenvalue weighted by Gasteiger charge is 2.12. The molecule has 8 heteroatoms. The first-order chi connectivity index (χ1) is 9.75. The summed E-state index contributed by atoms with van der Waals surface area (Å²) in [5, 5.41) is 5.83. The molecule has 1 aromatic carbocycles. The number of urea groups is 1. The third-order valence-corrected chi connectivity index (χ3v) is 4.72. The number of fused-ring (bicyclic) bond motifs is 1. The molecule has 21 heavy (non-hydrogen) atoms. The van der Waals surface area contributed by atoms with Crippen molar-refractivity contribution in [3.63, 3.8) is 0 Å². The summed E-state index contributed by atoms with van der Waals surface area (Å²) in [4.78, 5) is 16.2. The molecule has 0 saturated carbocycles. The molecule has 114 valence electrons. The van der Waals surface area contributed by atoms with Crippen LogP contribution in [0.3, 0.4) is 0 Å². The molecule has 2 rings (SSSR count). The van der Waals surface area contributed by atoms with Crippen LogP contribution in [-0.4, -0.2) is 32.2 Å². The van der Waals surface area contributed by atoms with Crippen molar-refractivity contribution in [2.75, 3.05) is 18.1 Å². The van der Waals surface area contributed by atoms with E-state index < -0.39 is 9.84 Å². The van der Waals surface area contributed by atoms with Crippen molar-refractivity contribution in [2.45, 2.75) is 18.7 Å². The minimum absolute atomic E-state index is 0.245. The maximum absolute atomic E-state index is 11.7. The first-order valence-electron chi connectivity index (χ1n) is 6.41. The van der Waals surface area contributed by atoms with Gasteiger partial charge in [-0.05, 0) is 24.1 Å². The fourth-order valence-electron chi connectivity index (χ4n) is 1.63. The van der Waals surface area contributed by atoms with Crippen LogP contribution < -0.4 is 10.6 Å². The number of thiazole rings is 1. The van der Waals surface area contributed by atoms with Gasteiger partial charge in [-0.3, -0.25) is 5.32 Å². The zero-order valence-electron chi connectivity index (χ0n) is 12.0. The highest BCUT2D eigenvalue weighted by molar-refractivity contribution is 7.90. The van der Waals surface area contributed by atoms with Gasteiger partial charge in [0.25, 0.3) is 0 Å². The van der Waals surface area contributed by atoms with Crippen LogP contribution in [0.4, 0.5) is 9.93 Å². The number of amides is 2. The summed E-state index contributed by atoms with van der Waals surface area (Å²) < 4.78 is 23.7. The number of carbonyl (C=O) groups excluding carboxylic acids is 1. The lowest BCUT2D eigenvalue weighted by Crippen LogP contribution is -2.31. The van der Waals surface area contributed by atoms with Gasteiger partial charge in [0.1, 0.15) is 0 Å². The van der Waals surface area contributed by atoms with Gasteiger partial charge in [-0.2, -0.15) is 0 Å². The van der Waals surface area contributed by atoms with E-state index in [1.165, 1.54) is 17.4 Å². The number of rotatable bonds is 4. The summed E-state index contributed by atoms with van der Waals surface area (Å²) in [6.45, 7) is 4.59. The molecule has 1 aromatic heterocycles. The van der Waals surface area contributed by atoms with Crippen LogP contribution in [-0.2, 0) is 9.84 Å². The number of benzene rings is 1. The van der Waals surface area contributed by atoms with Gasteiger partial charge in [0.2, 0.25) is 0 Å². The molecule has 0 atom stereocenters. The molecule has 2 N–H and O–H groups in total. The Kier molecular flexibility index (Phi) is 4.48. The normalized spacial score (nSPS) is 11.8. The van der Waals surface area contributed by atoms with Crippen molar-refractivity contribution in [1.29, 1.82) is 0 Å². The molecule has 6 nitrogen and oxygen atoms in total. The van der Waals surface area contributed by atoms with E-state index in [4.69, 9.17) is 0 Å². The van der Waals surface area contributed by atoms with Crippen LogP contribution in [0.2, 0.25) is 0 Å². The molecule has 0 aliphatic carbocycles. The van der Waals surface area contributed by atoms with Crippen LogP contribution in [0.1, 0.15) is 13.8 Å². The number of nitrogens with one attached hydrogen (secondary N) is 2. The van der Waals surface area contributed by atoms with Crippen molar-refractivity contribution < 1.29 is 13.2 Å². The highest BCUT2D eigenvalue weighted by atomic mass is 32.2. The van der Waals surface area contributed by atoms with Gasteiger partial charge in [0.15, 0.2) is 15.0 Å². The number of carbonyl (C=O) groups is 1. The fraction of sp³-hybridized carbons (Fsp3) is 0.385. The van der Waals surface area contributed by atoms with Gasteiger partial charge in [-0.1, -0.05) is 25.2 Å². The average Bonchev–Trinajstić information content (AvgIpc) is 2.76. The molecule has 0 aliphatic heterocycles. The van der Waals surface area contributed by atoms with Crippen LogP contribution >= 0.6 is 11.3 Å². The first kappa shape index (κ1) is 15.7. The van der Waals surface area contributed by atoms with Crippen molar-refractivity contribution in [2.24, 2.45) is 5.92 Å². The Labute approximate surface area is 127 Å². The van der Waals surface area contributed by atoms with Crippen LogP contribution in [0, 0.1) is 5.92 Å². The smallest absolute Gasteiger partial charge is 0.321 e. The van der Waals surface area contributed by atoms with Gasteiger partial charge in [-0.25, -0.2) is 18.2 Å². The molecule has 1 heterocycles. The lowest BCUT2D eigenvalue weighted by Gasteiger charge is -2.06. The summed E-state index contributed by atoms with van der Waals surface area (Å²) in [5.41, 5.74) is 0.659. The molecule has 0 aliphatic rings. The van der Waals surface area contributed by atoms with E-state index in [-0.39, 0.29) is 10.9 Å². The van der Waals surface area contributed by atoms with E-state index in [1.807, 2.05) is 13.8 Å². The Hall–Kier alpha value is -1.67. The monoisotopic (exact) mass is 327 g/mol. The minimum atomic E-state index is -3.25. The second-order valence-electron chi connectivity index (χ2n) is 5.15. The van der Waals surface area contributed by atoms with E-state index >= 15 is 0 Å². The fourth-order valence-corrected chi connectivity index (χ4v) is 3.25. The van der Waals surface area contributed by atoms with Crippen molar-refractivity contribution in [3.05, 3.63) is 18.2 Å².